The fraction of sp³-hybridized carbons (Fsp3) is 0.692. The molecule has 5 nitrogen and oxygen atoms in total. The average Bonchev–Trinajstić information content (AvgIpc) is 2.75. The molecule has 0 amide bonds. The molecule has 0 fully saturated rings. The topological polar surface area (TPSA) is 78.6 Å². The number of rotatable bonds is 16. The monoisotopic (exact) mass is 463 g/mol. The lowest BCUT2D eigenvalue weighted by atomic mass is 9.93. The van der Waals surface area contributed by atoms with Gasteiger partial charge in [-0.05, 0) is 27.2 Å². The number of benzene rings is 1. The van der Waals surface area contributed by atoms with Gasteiger partial charge in [0.25, 0.3) is 0 Å². The first-order valence-corrected chi connectivity index (χ1v) is 15.6. The third-order valence-electron chi connectivity index (χ3n) is 6.24. The van der Waals surface area contributed by atoms with Gasteiger partial charge in [0.2, 0.25) is 5.54 Å². The Bertz CT molecular complexity index is 670. The van der Waals surface area contributed by atoms with Crippen LogP contribution in [0.5, 0.6) is 0 Å². The lowest BCUT2D eigenvalue weighted by molar-refractivity contribution is -0.164. The van der Waals surface area contributed by atoms with Crippen LogP contribution in [-0.2, 0) is 19.1 Å². The number of ether oxygens (including phenoxy) is 2. The van der Waals surface area contributed by atoms with E-state index in [0.29, 0.717) is 6.42 Å². The van der Waals surface area contributed by atoms with E-state index in [9.17, 15) is 9.59 Å². The van der Waals surface area contributed by atoms with Crippen LogP contribution in [0.1, 0.15) is 77.2 Å². The first kappa shape index (κ1) is 28.4. The fourth-order valence-corrected chi connectivity index (χ4v) is 6.48. The molecular weight excluding hydrogens is 418 g/mol. The molecular formula is C26H45NO4Si. The average molecular weight is 464 g/mol. The molecule has 0 aliphatic carbocycles. The molecule has 2 N–H and O–H groups in total. The number of unbranched alkanes of at least 4 members (excludes halogenated alkanes) is 7. The molecule has 6 heteroatoms. The highest BCUT2D eigenvalue weighted by molar-refractivity contribution is 6.89. The highest BCUT2D eigenvalue weighted by Crippen LogP contribution is 2.20. The van der Waals surface area contributed by atoms with Crippen molar-refractivity contribution in [1.29, 1.82) is 0 Å². The Morgan fingerprint density at radius 1 is 0.812 bits per heavy atom. The molecule has 0 spiro atoms. The number of carbonyl (C=O) groups excluding carboxylic acids is 2. The largest absolute Gasteiger partial charge is 0.464 e. The van der Waals surface area contributed by atoms with E-state index in [1.165, 1.54) is 43.7 Å². The first-order chi connectivity index (χ1) is 15.2. The van der Waals surface area contributed by atoms with Crippen molar-refractivity contribution in [3.63, 3.8) is 0 Å². The highest BCUT2D eigenvalue weighted by atomic mass is 28.3. The van der Waals surface area contributed by atoms with Crippen LogP contribution < -0.4 is 10.9 Å². The number of hydrogen-bond donors (Lipinski definition) is 1. The minimum atomic E-state index is -1.68. The third-order valence-corrected chi connectivity index (χ3v) is 9.74. The van der Waals surface area contributed by atoms with E-state index in [4.69, 9.17) is 15.2 Å². The van der Waals surface area contributed by atoms with Crippen LogP contribution in [0.3, 0.4) is 0 Å². The van der Waals surface area contributed by atoms with Gasteiger partial charge in [-0.3, -0.25) is 0 Å². The Balaban J connectivity index is 2.21. The number of esters is 2. The van der Waals surface area contributed by atoms with Crippen LogP contribution in [0.15, 0.2) is 24.3 Å². The molecule has 182 valence electrons. The Labute approximate surface area is 196 Å². The van der Waals surface area contributed by atoms with Crippen LogP contribution in [0.4, 0.5) is 0 Å². The van der Waals surface area contributed by atoms with Gasteiger partial charge >= 0.3 is 11.9 Å². The van der Waals surface area contributed by atoms with E-state index in [1.54, 1.807) is 19.0 Å². The lowest BCUT2D eigenvalue weighted by Crippen LogP contribution is -2.56. The zero-order chi connectivity index (χ0) is 24.0. The van der Waals surface area contributed by atoms with Gasteiger partial charge in [-0.15, -0.1) is 0 Å². The number of carbonyl (C=O) groups is 2. The summed E-state index contributed by atoms with van der Waals surface area (Å²) in [7, 11) is -1.32. The Hall–Kier alpha value is -1.66. The van der Waals surface area contributed by atoms with Crippen LogP contribution >= 0.6 is 0 Å². The SMILES string of the molecule is CCOC(=O)C(N)(CCCCCCCCCC[Si](C)(C)c1ccc(C)cc1)C(=O)OCC. The molecule has 0 bridgehead atoms. The zero-order valence-electron chi connectivity index (χ0n) is 21.0. The Morgan fingerprint density at radius 2 is 1.25 bits per heavy atom. The molecule has 0 aliphatic heterocycles. The molecule has 32 heavy (non-hydrogen) atoms. The van der Waals surface area contributed by atoms with Gasteiger partial charge in [0.1, 0.15) is 0 Å². The maximum atomic E-state index is 12.2. The van der Waals surface area contributed by atoms with E-state index in [-0.39, 0.29) is 19.6 Å². The quantitative estimate of drug-likeness (QED) is 0.157. The summed E-state index contributed by atoms with van der Waals surface area (Å²) >= 11 is 0. The van der Waals surface area contributed by atoms with E-state index < -0.39 is 25.6 Å². The zero-order valence-corrected chi connectivity index (χ0v) is 22.0. The summed E-state index contributed by atoms with van der Waals surface area (Å²) in [5.41, 5.74) is 5.74. The fourth-order valence-electron chi connectivity index (χ4n) is 3.99. The minimum absolute atomic E-state index is 0.196. The standard InChI is InChI=1S/C26H45NO4Si/c1-6-30-24(28)26(27,25(29)31-7-2)20-14-12-10-8-9-11-13-15-21-32(4,5)23-18-16-22(3)17-19-23/h16-19H,6-15,20-21,27H2,1-5H3. The summed E-state index contributed by atoms with van der Waals surface area (Å²) in [4.78, 5) is 24.4. The molecule has 0 radical (unpaired) electrons. The van der Waals surface area contributed by atoms with Gasteiger partial charge in [-0.1, -0.05) is 106 Å². The molecule has 1 aromatic carbocycles. The first-order valence-electron chi connectivity index (χ1n) is 12.4. The summed E-state index contributed by atoms with van der Waals surface area (Å²) in [6.45, 7) is 10.9. The summed E-state index contributed by atoms with van der Waals surface area (Å²) in [5.74, 6) is -1.37. The van der Waals surface area contributed by atoms with Crippen molar-refractivity contribution in [2.75, 3.05) is 13.2 Å². The van der Waals surface area contributed by atoms with Crippen LogP contribution in [0.25, 0.3) is 0 Å². The predicted octanol–water partition coefficient (Wildman–Crippen LogP) is 5.25. The van der Waals surface area contributed by atoms with Crippen LogP contribution in [0, 0.1) is 6.92 Å². The maximum Gasteiger partial charge on any atom is 0.337 e. The normalized spacial score (nSPS) is 11.9. The van der Waals surface area contributed by atoms with E-state index in [0.717, 1.165) is 12.8 Å². The van der Waals surface area contributed by atoms with E-state index in [1.807, 2.05) is 0 Å². The molecule has 0 saturated heterocycles. The van der Waals surface area contributed by atoms with Crippen molar-refractivity contribution in [1.82, 2.24) is 0 Å². The molecule has 0 saturated carbocycles. The summed E-state index contributed by atoms with van der Waals surface area (Å²) in [6.07, 6.45) is 9.29. The number of aryl methyl sites for hydroxylation is 1. The van der Waals surface area contributed by atoms with Gasteiger partial charge in [-0.2, -0.15) is 0 Å². The molecule has 0 aliphatic rings. The van der Waals surface area contributed by atoms with Crippen molar-refractivity contribution in [3.05, 3.63) is 29.8 Å². The van der Waals surface area contributed by atoms with E-state index >= 15 is 0 Å². The van der Waals surface area contributed by atoms with Crippen molar-refractivity contribution < 1.29 is 19.1 Å². The summed E-state index contributed by atoms with van der Waals surface area (Å²) in [6, 6.07) is 10.5. The Kier molecular flexibility index (Phi) is 12.8. The molecule has 0 unspecified atom stereocenters. The van der Waals surface area contributed by atoms with Crippen molar-refractivity contribution >= 4 is 25.2 Å². The van der Waals surface area contributed by atoms with Crippen LogP contribution in [-0.4, -0.2) is 38.8 Å². The molecule has 1 rings (SSSR count). The summed E-state index contributed by atoms with van der Waals surface area (Å²) in [5, 5.41) is 1.56. The van der Waals surface area contributed by atoms with Crippen molar-refractivity contribution in [3.8, 4) is 0 Å². The van der Waals surface area contributed by atoms with Crippen molar-refractivity contribution in [2.45, 2.75) is 103 Å². The third kappa shape index (κ3) is 9.45. The predicted molar refractivity (Wildman–Crippen MR) is 135 cm³/mol. The smallest absolute Gasteiger partial charge is 0.337 e. The molecule has 0 atom stereocenters. The Morgan fingerprint density at radius 3 is 1.72 bits per heavy atom. The molecule has 0 heterocycles. The van der Waals surface area contributed by atoms with Gasteiger partial charge < -0.3 is 15.2 Å². The van der Waals surface area contributed by atoms with Gasteiger partial charge in [0, 0.05) is 0 Å². The molecule has 0 aromatic heterocycles. The van der Waals surface area contributed by atoms with Gasteiger partial charge in [-0.25, -0.2) is 9.59 Å². The van der Waals surface area contributed by atoms with Gasteiger partial charge in [0.15, 0.2) is 0 Å². The lowest BCUT2D eigenvalue weighted by Gasteiger charge is -2.24. The second kappa shape index (κ2) is 14.5. The maximum absolute atomic E-state index is 12.2. The van der Waals surface area contributed by atoms with Crippen molar-refractivity contribution in [2.24, 2.45) is 5.73 Å². The van der Waals surface area contributed by atoms with Crippen LogP contribution in [0.2, 0.25) is 19.1 Å². The second-order valence-electron chi connectivity index (χ2n) is 9.49. The second-order valence-corrected chi connectivity index (χ2v) is 14.3. The number of hydrogen-bond acceptors (Lipinski definition) is 5. The minimum Gasteiger partial charge on any atom is -0.464 e. The summed E-state index contributed by atoms with van der Waals surface area (Å²) < 4.78 is 10.0. The number of nitrogens with two attached hydrogens (primary N) is 1. The molecule has 1 aromatic rings. The van der Waals surface area contributed by atoms with E-state index in [2.05, 4.69) is 44.3 Å². The highest BCUT2D eigenvalue weighted by Gasteiger charge is 2.44. The van der Waals surface area contributed by atoms with Gasteiger partial charge in [0.05, 0.1) is 21.3 Å².